The summed E-state index contributed by atoms with van der Waals surface area (Å²) in [5.41, 5.74) is 3.99. The molecule has 0 fully saturated rings. The Labute approximate surface area is 95.5 Å². The Kier molecular flexibility index (Phi) is 6.28. The molecular formula is C10H10F3N3O. The van der Waals surface area contributed by atoms with E-state index in [1.165, 1.54) is 18.2 Å². The zero-order chi connectivity index (χ0) is 13.3. The maximum absolute atomic E-state index is 12.2. The van der Waals surface area contributed by atoms with Crippen LogP contribution in [-0.4, -0.2) is 12.4 Å². The standard InChI is InChI=1S/C9H6F3NO.CH4N2/c10-9(11,12)8-3-1-2-7(4-8)5-13-6-14;2-1-3/h1-4H,5H2;1H,(H3,2,3). The molecule has 0 unspecified atom stereocenters. The third-order valence-corrected chi connectivity index (χ3v) is 1.58. The fourth-order valence-electron chi connectivity index (χ4n) is 0.970. The number of halogens is 3. The number of nitrogens with two attached hydrogens (primary N) is 1. The van der Waals surface area contributed by atoms with Gasteiger partial charge in [-0.1, -0.05) is 12.1 Å². The van der Waals surface area contributed by atoms with Gasteiger partial charge < -0.3 is 5.73 Å². The Morgan fingerprint density at radius 2 is 2.06 bits per heavy atom. The van der Waals surface area contributed by atoms with Gasteiger partial charge in [-0.25, -0.2) is 9.79 Å². The van der Waals surface area contributed by atoms with E-state index < -0.39 is 11.7 Å². The molecule has 92 valence electrons. The smallest absolute Gasteiger partial charge is 0.390 e. The van der Waals surface area contributed by atoms with Crippen LogP contribution < -0.4 is 5.73 Å². The predicted molar refractivity (Wildman–Crippen MR) is 56.2 cm³/mol. The van der Waals surface area contributed by atoms with Crippen molar-refractivity contribution >= 4 is 12.4 Å². The molecule has 0 aromatic heterocycles. The number of alkyl halides is 3. The van der Waals surface area contributed by atoms with E-state index in [2.05, 4.69) is 10.7 Å². The molecule has 3 N–H and O–H groups in total. The van der Waals surface area contributed by atoms with Gasteiger partial charge in [0.25, 0.3) is 0 Å². The molecule has 1 aromatic rings. The minimum atomic E-state index is -4.36. The summed E-state index contributed by atoms with van der Waals surface area (Å²) < 4.78 is 36.5. The normalized spacial score (nSPS) is 9.59. The van der Waals surface area contributed by atoms with E-state index in [0.717, 1.165) is 18.5 Å². The van der Waals surface area contributed by atoms with E-state index >= 15 is 0 Å². The quantitative estimate of drug-likeness (QED) is 0.475. The summed E-state index contributed by atoms with van der Waals surface area (Å²) in [6.45, 7) is -0.0760. The molecule has 0 saturated heterocycles. The molecule has 0 saturated carbocycles. The van der Waals surface area contributed by atoms with Gasteiger partial charge in [0.15, 0.2) is 0 Å². The zero-order valence-electron chi connectivity index (χ0n) is 8.66. The Morgan fingerprint density at radius 3 is 2.53 bits per heavy atom. The summed E-state index contributed by atoms with van der Waals surface area (Å²) in [5.74, 6) is 0. The second-order valence-electron chi connectivity index (χ2n) is 2.77. The van der Waals surface area contributed by atoms with E-state index in [9.17, 15) is 18.0 Å². The van der Waals surface area contributed by atoms with E-state index in [1.54, 1.807) is 0 Å². The van der Waals surface area contributed by atoms with Crippen molar-refractivity contribution in [2.45, 2.75) is 12.7 Å². The predicted octanol–water partition coefficient (Wildman–Crippen LogP) is 2.09. The largest absolute Gasteiger partial charge is 0.416 e. The number of aliphatic imine (C=N–C) groups is 1. The lowest BCUT2D eigenvalue weighted by Crippen LogP contribution is -2.04. The molecule has 1 aromatic carbocycles. The molecule has 0 spiro atoms. The summed E-state index contributed by atoms with van der Waals surface area (Å²) in [4.78, 5) is 12.9. The van der Waals surface area contributed by atoms with Gasteiger partial charge in [0.2, 0.25) is 6.08 Å². The number of hydrogen-bond acceptors (Lipinski definition) is 3. The summed E-state index contributed by atoms with van der Waals surface area (Å²) in [6.07, 6.45) is -2.34. The fourth-order valence-corrected chi connectivity index (χ4v) is 0.970. The lowest BCUT2D eigenvalue weighted by atomic mass is 10.1. The van der Waals surface area contributed by atoms with Crippen LogP contribution in [0.2, 0.25) is 0 Å². The van der Waals surface area contributed by atoms with Crippen molar-refractivity contribution in [1.82, 2.24) is 0 Å². The molecule has 0 amide bonds. The van der Waals surface area contributed by atoms with E-state index in [4.69, 9.17) is 5.41 Å². The molecular weight excluding hydrogens is 235 g/mol. The second-order valence-corrected chi connectivity index (χ2v) is 2.77. The van der Waals surface area contributed by atoms with Crippen LogP contribution >= 0.6 is 0 Å². The molecule has 0 atom stereocenters. The summed E-state index contributed by atoms with van der Waals surface area (Å²) in [6, 6.07) is 4.67. The average molecular weight is 245 g/mol. The molecule has 1 rings (SSSR count). The lowest BCUT2D eigenvalue weighted by Gasteiger charge is -2.06. The van der Waals surface area contributed by atoms with Crippen molar-refractivity contribution < 1.29 is 18.0 Å². The molecule has 0 heterocycles. The number of isocyanates is 1. The highest BCUT2D eigenvalue weighted by molar-refractivity contribution is 5.46. The minimum Gasteiger partial charge on any atom is -0.390 e. The van der Waals surface area contributed by atoms with Gasteiger partial charge in [0.05, 0.1) is 18.4 Å². The first-order valence-corrected chi connectivity index (χ1v) is 4.36. The number of benzene rings is 1. The Bertz CT molecular complexity index is 412. The van der Waals surface area contributed by atoms with Gasteiger partial charge in [-0.3, -0.25) is 5.41 Å². The van der Waals surface area contributed by atoms with Crippen LogP contribution in [0.4, 0.5) is 13.2 Å². The van der Waals surface area contributed by atoms with E-state index in [-0.39, 0.29) is 6.54 Å². The van der Waals surface area contributed by atoms with Crippen molar-refractivity contribution in [3.05, 3.63) is 35.4 Å². The highest BCUT2D eigenvalue weighted by atomic mass is 19.4. The van der Waals surface area contributed by atoms with Crippen molar-refractivity contribution in [3.8, 4) is 0 Å². The topological polar surface area (TPSA) is 79.3 Å². The second kappa shape index (κ2) is 7.19. The number of hydrogen-bond donors (Lipinski definition) is 2. The van der Waals surface area contributed by atoms with E-state index in [1.807, 2.05) is 0 Å². The number of carbonyl (C=O) groups excluding carboxylic acids is 1. The first-order valence-electron chi connectivity index (χ1n) is 4.36. The van der Waals surface area contributed by atoms with Crippen LogP contribution in [0.25, 0.3) is 0 Å². The maximum Gasteiger partial charge on any atom is 0.416 e. The van der Waals surface area contributed by atoms with E-state index in [0.29, 0.717) is 5.56 Å². The summed E-state index contributed by atoms with van der Waals surface area (Å²) in [7, 11) is 0. The number of rotatable bonds is 2. The lowest BCUT2D eigenvalue weighted by molar-refractivity contribution is -0.137. The van der Waals surface area contributed by atoms with Crippen molar-refractivity contribution in [2.24, 2.45) is 10.7 Å². The van der Waals surface area contributed by atoms with Crippen LogP contribution in [0.5, 0.6) is 0 Å². The molecule has 0 radical (unpaired) electrons. The highest BCUT2D eigenvalue weighted by Crippen LogP contribution is 2.29. The van der Waals surface area contributed by atoms with Crippen LogP contribution in [0.15, 0.2) is 29.3 Å². The SMILES string of the molecule is N=CN.O=C=NCc1cccc(C(F)(F)F)c1. The highest BCUT2D eigenvalue weighted by Gasteiger charge is 2.30. The molecule has 0 aliphatic carbocycles. The monoisotopic (exact) mass is 245 g/mol. The van der Waals surface area contributed by atoms with Gasteiger partial charge in [0, 0.05) is 0 Å². The molecule has 0 bridgehead atoms. The fraction of sp³-hybridized carbons (Fsp3) is 0.200. The molecule has 17 heavy (non-hydrogen) atoms. The van der Waals surface area contributed by atoms with Gasteiger partial charge in [-0.15, -0.1) is 0 Å². The van der Waals surface area contributed by atoms with Crippen molar-refractivity contribution in [2.75, 3.05) is 0 Å². The molecule has 4 nitrogen and oxygen atoms in total. The van der Waals surface area contributed by atoms with Crippen LogP contribution in [0.1, 0.15) is 11.1 Å². The summed E-state index contributed by atoms with van der Waals surface area (Å²) >= 11 is 0. The van der Waals surface area contributed by atoms with Gasteiger partial charge in [0.1, 0.15) is 0 Å². The zero-order valence-corrected chi connectivity index (χ0v) is 8.66. The Morgan fingerprint density at radius 1 is 1.47 bits per heavy atom. The number of nitrogens with one attached hydrogen (secondary N) is 1. The van der Waals surface area contributed by atoms with Crippen LogP contribution in [0.3, 0.4) is 0 Å². The van der Waals surface area contributed by atoms with Crippen molar-refractivity contribution in [1.29, 1.82) is 5.41 Å². The average Bonchev–Trinajstić information content (AvgIpc) is 2.27. The van der Waals surface area contributed by atoms with Crippen LogP contribution in [-0.2, 0) is 17.5 Å². The maximum atomic E-state index is 12.2. The first kappa shape index (κ1) is 14.9. The third kappa shape index (κ3) is 6.11. The molecule has 7 heteroatoms. The minimum absolute atomic E-state index is 0.0760. The number of nitrogens with zero attached hydrogens (tertiary/aromatic N) is 1. The molecule has 0 aliphatic heterocycles. The van der Waals surface area contributed by atoms with Crippen LogP contribution in [0, 0.1) is 5.41 Å². The Hall–Kier alpha value is -2.14. The van der Waals surface area contributed by atoms with Gasteiger partial charge in [-0.05, 0) is 17.7 Å². The molecule has 0 aliphatic rings. The van der Waals surface area contributed by atoms with Crippen molar-refractivity contribution in [3.63, 3.8) is 0 Å². The summed E-state index contributed by atoms with van der Waals surface area (Å²) in [5, 5.41) is 5.86. The Balaban J connectivity index is 0.000000770. The van der Waals surface area contributed by atoms with Gasteiger partial charge in [-0.2, -0.15) is 13.2 Å². The third-order valence-electron chi connectivity index (χ3n) is 1.58. The van der Waals surface area contributed by atoms with Gasteiger partial charge >= 0.3 is 6.18 Å². The first-order chi connectivity index (χ1) is 7.95.